The minimum atomic E-state index is 1.04. The van der Waals surface area contributed by atoms with E-state index in [4.69, 9.17) is 0 Å². The smallest absolute Gasteiger partial charge is 0.137 e. The van der Waals surface area contributed by atoms with E-state index in [0.717, 1.165) is 12.1 Å². The summed E-state index contributed by atoms with van der Waals surface area (Å²) in [5, 5.41) is 0. The van der Waals surface area contributed by atoms with E-state index in [9.17, 15) is 0 Å². The Morgan fingerprint density at radius 1 is 0.900 bits per heavy atom. The molecule has 0 amide bonds. The van der Waals surface area contributed by atoms with Crippen LogP contribution in [0, 0.1) is 0 Å². The highest BCUT2D eigenvalue weighted by molar-refractivity contribution is 5.64. The van der Waals surface area contributed by atoms with Gasteiger partial charge in [0.15, 0.2) is 0 Å². The van der Waals surface area contributed by atoms with Crippen LogP contribution in [0.1, 0.15) is 31.9 Å². The van der Waals surface area contributed by atoms with Crippen molar-refractivity contribution in [1.29, 1.82) is 0 Å². The van der Waals surface area contributed by atoms with E-state index in [0.29, 0.717) is 0 Å². The van der Waals surface area contributed by atoms with E-state index in [1.54, 1.807) is 0 Å². The largest absolute Gasteiger partial charge is 0.306 e. The fraction of sp³-hybridized carbons (Fsp3) is 0.278. The third-order valence-electron chi connectivity index (χ3n) is 3.64. The summed E-state index contributed by atoms with van der Waals surface area (Å²) in [5.74, 6) is 0. The van der Waals surface area contributed by atoms with E-state index in [-0.39, 0.29) is 0 Å². The van der Waals surface area contributed by atoms with Crippen LogP contribution in [0.15, 0.2) is 54.9 Å². The van der Waals surface area contributed by atoms with E-state index < -0.39 is 0 Å². The molecular weight excluding hydrogens is 244 g/mol. The van der Waals surface area contributed by atoms with Crippen LogP contribution in [0.25, 0.3) is 16.8 Å². The lowest BCUT2D eigenvalue weighted by Crippen LogP contribution is -1.84. The molecule has 3 aromatic rings. The summed E-state index contributed by atoms with van der Waals surface area (Å²) >= 11 is 0. The fourth-order valence-corrected chi connectivity index (χ4v) is 2.52. The van der Waals surface area contributed by atoms with Gasteiger partial charge in [0.25, 0.3) is 0 Å². The first-order chi connectivity index (χ1) is 9.86. The molecular formula is C18H20N2. The second kappa shape index (κ2) is 5.91. The van der Waals surface area contributed by atoms with Crippen LogP contribution in [0.3, 0.4) is 0 Å². The second-order valence-corrected chi connectivity index (χ2v) is 5.24. The molecule has 0 unspecified atom stereocenters. The van der Waals surface area contributed by atoms with Crippen LogP contribution in [-0.2, 0) is 6.42 Å². The monoisotopic (exact) mass is 264 g/mol. The quantitative estimate of drug-likeness (QED) is 0.609. The van der Waals surface area contributed by atoms with Gasteiger partial charge < -0.3 is 4.40 Å². The fourth-order valence-electron chi connectivity index (χ4n) is 2.52. The van der Waals surface area contributed by atoms with Gasteiger partial charge in [-0.15, -0.1) is 0 Å². The molecule has 0 saturated heterocycles. The van der Waals surface area contributed by atoms with E-state index in [1.807, 2.05) is 6.07 Å². The van der Waals surface area contributed by atoms with Crippen molar-refractivity contribution < 1.29 is 0 Å². The lowest BCUT2D eigenvalue weighted by Gasteiger charge is -2.01. The molecule has 0 bridgehead atoms. The molecule has 0 N–H and O–H groups in total. The molecule has 0 aliphatic heterocycles. The van der Waals surface area contributed by atoms with Crippen LogP contribution >= 0.6 is 0 Å². The normalized spacial score (nSPS) is 11.1. The summed E-state index contributed by atoms with van der Waals surface area (Å²) in [4.78, 5) is 4.68. The molecule has 0 aliphatic rings. The summed E-state index contributed by atoms with van der Waals surface area (Å²) in [6.07, 6.45) is 9.18. The summed E-state index contributed by atoms with van der Waals surface area (Å²) in [5.41, 5.74) is 4.71. The van der Waals surface area contributed by atoms with Crippen molar-refractivity contribution in [2.45, 2.75) is 32.6 Å². The minimum Gasteiger partial charge on any atom is -0.306 e. The Morgan fingerprint density at radius 3 is 2.55 bits per heavy atom. The first-order valence-corrected chi connectivity index (χ1v) is 7.40. The van der Waals surface area contributed by atoms with Gasteiger partial charge in [-0.05, 0) is 36.1 Å². The van der Waals surface area contributed by atoms with Gasteiger partial charge in [-0.25, -0.2) is 4.98 Å². The third kappa shape index (κ3) is 2.74. The molecule has 3 rings (SSSR count). The van der Waals surface area contributed by atoms with Crippen LogP contribution < -0.4 is 0 Å². The van der Waals surface area contributed by atoms with Crippen LogP contribution in [0.4, 0.5) is 0 Å². The van der Waals surface area contributed by atoms with Crippen molar-refractivity contribution in [3.63, 3.8) is 0 Å². The van der Waals surface area contributed by atoms with Crippen molar-refractivity contribution in [2.75, 3.05) is 0 Å². The molecule has 0 saturated carbocycles. The van der Waals surface area contributed by atoms with Crippen molar-refractivity contribution in [1.82, 2.24) is 9.38 Å². The number of imidazole rings is 1. The van der Waals surface area contributed by atoms with Gasteiger partial charge in [0, 0.05) is 12.4 Å². The van der Waals surface area contributed by atoms with Crippen molar-refractivity contribution >= 4 is 5.65 Å². The van der Waals surface area contributed by atoms with Crippen molar-refractivity contribution in [2.24, 2.45) is 0 Å². The SMILES string of the molecule is CCCCCc1cn2cc(-c3ccccc3)ccc2n1. The summed E-state index contributed by atoms with van der Waals surface area (Å²) in [6, 6.07) is 14.7. The van der Waals surface area contributed by atoms with Crippen LogP contribution in [0.2, 0.25) is 0 Å². The number of benzene rings is 1. The number of aryl methyl sites for hydroxylation is 1. The van der Waals surface area contributed by atoms with Gasteiger partial charge in [-0.2, -0.15) is 0 Å². The number of unbranched alkanes of at least 4 members (excludes halogenated alkanes) is 2. The zero-order valence-electron chi connectivity index (χ0n) is 11.9. The minimum absolute atomic E-state index is 1.04. The molecule has 0 fully saturated rings. The Labute approximate surface area is 120 Å². The molecule has 102 valence electrons. The lowest BCUT2D eigenvalue weighted by atomic mass is 10.1. The number of hydrogen-bond donors (Lipinski definition) is 0. The topological polar surface area (TPSA) is 17.3 Å². The molecule has 0 radical (unpaired) electrons. The first-order valence-electron chi connectivity index (χ1n) is 7.40. The number of rotatable bonds is 5. The molecule has 2 nitrogen and oxygen atoms in total. The molecule has 0 aliphatic carbocycles. The highest BCUT2D eigenvalue weighted by Gasteiger charge is 2.03. The van der Waals surface area contributed by atoms with Gasteiger partial charge in [-0.3, -0.25) is 0 Å². The molecule has 1 aromatic carbocycles. The highest BCUT2D eigenvalue weighted by atomic mass is 15.0. The number of hydrogen-bond acceptors (Lipinski definition) is 1. The highest BCUT2D eigenvalue weighted by Crippen LogP contribution is 2.20. The molecule has 0 atom stereocenters. The standard InChI is InChI=1S/C18H20N2/c1-2-3-5-10-17-14-20-13-16(11-12-18(20)19-17)15-8-6-4-7-9-15/h4,6-9,11-14H,2-3,5,10H2,1H3. The van der Waals surface area contributed by atoms with Crippen molar-refractivity contribution in [3.05, 3.63) is 60.6 Å². The molecule has 0 spiro atoms. The number of aromatic nitrogens is 2. The van der Waals surface area contributed by atoms with Gasteiger partial charge in [0.2, 0.25) is 0 Å². The maximum absolute atomic E-state index is 4.68. The summed E-state index contributed by atoms with van der Waals surface area (Å²) in [7, 11) is 0. The zero-order valence-corrected chi connectivity index (χ0v) is 11.9. The Hall–Kier alpha value is -2.09. The van der Waals surface area contributed by atoms with Gasteiger partial charge in [0.1, 0.15) is 5.65 Å². The van der Waals surface area contributed by atoms with Crippen LogP contribution in [-0.4, -0.2) is 9.38 Å². The lowest BCUT2D eigenvalue weighted by molar-refractivity contribution is 0.710. The van der Waals surface area contributed by atoms with E-state index >= 15 is 0 Å². The van der Waals surface area contributed by atoms with Crippen LogP contribution in [0.5, 0.6) is 0 Å². The third-order valence-corrected chi connectivity index (χ3v) is 3.64. The molecule has 2 heteroatoms. The number of fused-ring (bicyclic) bond motifs is 1. The predicted molar refractivity (Wildman–Crippen MR) is 83.9 cm³/mol. The maximum Gasteiger partial charge on any atom is 0.137 e. The average Bonchev–Trinajstić information content (AvgIpc) is 2.90. The first kappa shape index (κ1) is 12.9. The molecule has 20 heavy (non-hydrogen) atoms. The Morgan fingerprint density at radius 2 is 1.75 bits per heavy atom. The maximum atomic E-state index is 4.68. The van der Waals surface area contributed by atoms with Gasteiger partial charge in [-0.1, -0.05) is 50.1 Å². The summed E-state index contributed by atoms with van der Waals surface area (Å²) < 4.78 is 2.14. The summed E-state index contributed by atoms with van der Waals surface area (Å²) in [6.45, 7) is 2.23. The van der Waals surface area contributed by atoms with E-state index in [2.05, 4.69) is 65.1 Å². The Kier molecular flexibility index (Phi) is 3.82. The van der Waals surface area contributed by atoms with Crippen molar-refractivity contribution in [3.8, 4) is 11.1 Å². The average molecular weight is 264 g/mol. The van der Waals surface area contributed by atoms with Gasteiger partial charge >= 0.3 is 0 Å². The van der Waals surface area contributed by atoms with Gasteiger partial charge in [0.05, 0.1) is 5.69 Å². The number of nitrogens with zero attached hydrogens (tertiary/aromatic N) is 2. The molecule has 2 heterocycles. The van der Waals surface area contributed by atoms with E-state index in [1.165, 1.54) is 36.1 Å². The second-order valence-electron chi connectivity index (χ2n) is 5.24. The number of pyridine rings is 1. The molecule has 2 aromatic heterocycles. The predicted octanol–water partition coefficient (Wildman–Crippen LogP) is 4.73. The Bertz CT molecular complexity index is 683. The zero-order chi connectivity index (χ0) is 13.8. The Balaban J connectivity index is 1.88.